The molecule has 1 saturated heterocycles. The molecule has 1 N–H and O–H groups in total. The van der Waals surface area contributed by atoms with Crippen molar-refractivity contribution in [2.45, 2.75) is 105 Å². The zero-order valence-electron chi connectivity index (χ0n) is 21.9. The number of ketones is 1. The summed E-state index contributed by atoms with van der Waals surface area (Å²) in [6, 6.07) is 0. The van der Waals surface area contributed by atoms with E-state index in [9.17, 15) is 9.90 Å². The van der Waals surface area contributed by atoms with E-state index in [2.05, 4.69) is 53.7 Å². The minimum absolute atomic E-state index is 0.0239. The summed E-state index contributed by atoms with van der Waals surface area (Å²) in [5, 5.41) is 10.3. The Labute approximate surface area is 201 Å². The molecule has 3 heteroatoms. The van der Waals surface area contributed by atoms with Crippen LogP contribution in [0.1, 0.15) is 99.3 Å². The number of ether oxygens (including phenoxy) is 1. The van der Waals surface area contributed by atoms with Crippen molar-refractivity contribution in [1.82, 2.24) is 0 Å². The molecule has 5 fully saturated rings. The Morgan fingerprint density at radius 1 is 0.970 bits per heavy atom. The summed E-state index contributed by atoms with van der Waals surface area (Å²) >= 11 is 0. The van der Waals surface area contributed by atoms with Crippen LogP contribution < -0.4 is 0 Å². The molecule has 0 aromatic carbocycles. The molecule has 4 saturated carbocycles. The van der Waals surface area contributed by atoms with E-state index in [0.717, 1.165) is 38.7 Å². The molecular formula is C30H46O3. The zero-order valence-corrected chi connectivity index (χ0v) is 21.9. The number of fused-ring (bicyclic) bond motifs is 4. The predicted octanol–water partition coefficient (Wildman–Crippen LogP) is 6.34. The molecular weight excluding hydrogens is 408 g/mol. The summed E-state index contributed by atoms with van der Waals surface area (Å²) in [6.07, 6.45) is 15.2. The van der Waals surface area contributed by atoms with Crippen LogP contribution in [0.2, 0.25) is 0 Å². The Morgan fingerprint density at radius 2 is 1.70 bits per heavy atom. The van der Waals surface area contributed by atoms with Gasteiger partial charge in [0.1, 0.15) is 5.78 Å². The summed E-state index contributed by atoms with van der Waals surface area (Å²) in [7, 11) is 0. The summed E-state index contributed by atoms with van der Waals surface area (Å²) in [6.45, 7) is 15.6. The molecule has 184 valence electrons. The number of carbonyl (C=O) groups excluding carboxylic acids is 1. The lowest BCUT2D eigenvalue weighted by atomic mass is 9.32. The predicted molar refractivity (Wildman–Crippen MR) is 131 cm³/mol. The van der Waals surface area contributed by atoms with Crippen LogP contribution in [0.15, 0.2) is 12.2 Å². The van der Waals surface area contributed by atoms with E-state index in [-0.39, 0.29) is 32.7 Å². The number of aliphatic hydroxyl groups excluding tert-OH is 1. The van der Waals surface area contributed by atoms with Gasteiger partial charge in [0, 0.05) is 29.8 Å². The quantitative estimate of drug-likeness (QED) is 0.470. The lowest BCUT2D eigenvalue weighted by molar-refractivity contribution is -0.233. The van der Waals surface area contributed by atoms with Crippen LogP contribution in [0.5, 0.6) is 0 Å². The monoisotopic (exact) mass is 454 g/mol. The van der Waals surface area contributed by atoms with Gasteiger partial charge in [-0.05, 0) is 84.9 Å². The van der Waals surface area contributed by atoms with Gasteiger partial charge in [-0.3, -0.25) is 4.79 Å². The summed E-state index contributed by atoms with van der Waals surface area (Å²) < 4.78 is 7.07. The molecule has 0 amide bonds. The molecule has 3 nitrogen and oxygen atoms in total. The zero-order chi connectivity index (χ0) is 23.7. The van der Waals surface area contributed by atoms with E-state index in [1.54, 1.807) is 0 Å². The second kappa shape index (κ2) is 6.36. The molecule has 33 heavy (non-hydrogen) atoms. The first-order valence-corrected chi connectivity index (χ1v) is 13.8. The van der Waals surface area contributed by atoms with Crippen molar-refractivity contribution < 1.29 is 14.6 Å². The Hall–Kier alpha value is -0.670. The third-order valence-corrected chi connectivity index (χ3v) is 13.6. The highest BCUT2D eigenvalue weighted by atomic mass is 16.5. The lowest BCUT2D eigenvalue weighted by Gasteiger charge is -2.72. The Kier molecular flexibility index (Phi) is 4.39. The van der Waals surface area contributed by atoms with Gasteiger partial charge in [-0.15, -0.1) is 0 Å². The molecule has 1 spiro atoms. The third-order valence-electron chi connectivity index (χ3n) is 13.6. The summed E-state index contributed by atoms with van der Waals surface area (Å²) in [5.41, 5.74) is 0.361. The van der Waals surface area contributed by atoms with Gasteiger partial charge in [0.25, 0.3) is 0 Å². The number of hydrogen-bond donors (Lipinski definition) is 1. The highest BCUT2D eigenvalue weighted by Gasteiger charge is 2.77. The molecule has 0 unspecified atom stereocenters. The molecule has 1 heterocycles. The first-order chi connectivity index (χ1) is 15.3. The van der Waals surface area contributed by atoms with Crippen LogP contribution >= 0.6 is 0 Å². The van der Waals surface area contributed by atoms with Gasteiger partial charge >= 0.3 is 0 Å². The van der Waals surface area contributed by atoms with Gasteiger partial charge in [-0.1, -0.05) is 53.7 Å². The van der Waals surface area contributed by atoms with E-state index in [1.165, 1.54) is 25.7 Å². The van der Waals surface area contributed by atoms with Gasteiger partial charge in [0.15, 0.2) is 0 Å². The molecule has 0 aromatic rings. The van der Waals surface area contributed by atoms with Gasteiger partial charge in [0.2, 0.25) is 0 Å². The number of hydrogen-bond acceptors (Lipinski definition) is 3. The second-order valence-corrected chi connectivity index (χ2v) is 15.0. The van der Waals surface area contributed by atoms with Crippen LogP contribution in [-0.2, 0) is 9.53 Å². The van der Waals surface area contributed by atoms with E-state index >= 15 is 0 Å². The fourth-order valence-electron chi connectivity index (χ4n) is 11.1. The molecule has 9 atom stereocenters. The average molecular weight is 455 g/mol. The van der Waals surface area contributed by atoms with Crippen molar-refractivity contribution in [2.75, 3.05) is 13.2 Å². The van der Waals surface area contributed by atoms with Crippen LogP contribution in [0.25, 0.3) is 0 Å². The van der Waals surface area contributed by atoms with Crippen molar-refractivity contribution in [2.24, 2.45) is 50.2 Å². The largest absolute Gasteiger partial charge is 0.396 e. The van der Waals surface area contributed by atoms with Gasteiger partial charge in [-0.25, -0.2) is 0 Å². The van der Waals surface area contributed by atoms with Crippen molar-refractivity contribution in [3.63, 3.8) is 0 Å². The molecule has 5 aliphatic carbocycles. The number of allylic oxidation sites excluding steroid dienone is 1. The Morgan fingerprint density at radius 3 is 2.42 bits per heavy atom. The highest BCUT2D eigenvalue weighted by Crippen LogP contribution is 2.78. The average Bonchev–Trinajstić information content (AvgIpc) is 3.01. The first kappa shape index (κ1) is 22.8. The number of carbonyl (C=O) groups is 1. The van der Waals surface area contributed by atoms with Crippen LogP contribution in [0.3, 0.4) is 0 Å². The van der Waals surface area contributed by atoms with Crippen molar-refractivity contribution >= 4 is 5.78 Å². The maximum Gasteiger partial charge on any atom is 0.138 e. The number of rotatable bonds is 1. The number of aliphatic hydroxyl groups is 1. The van der Waals surface area contributed by atoms with Gasteiger partial charge in [0.05, 0.1) is 12.2 Å². The standard InChI is InChI=1S/C30H46O3/c1-24(2)20-7-11-27(5)21(26(20,4)10-9-23(24)32)8-12-30-22-17-25(3,18-31)13-15-29(22,19-33-30)16-14-28(27,30)6/h8,12,20-22,31H,7,9-11,13-19H2,1-6H3/t20-,21-,22+,25+,26-,27+,28+,29+,30-/m1/s1. The van der Waals surface area contributed by atoms with Crippen molar-refractivity contribution in [3.8, 4) is 0 Å². The first-order valence-electron chi connectivity index (χ1n) is 13.8. The molecule has 0 radical (unpaired) electrons. The third kappa shape index (κ3) is 2.38. The van der Waals surface area contributed by atoms with E-state index < -0.39 is 0 Å². The molecule has 2 bridgehead atoms. The maximum absolute atomic E-state index is 12.9. The highest BCUT2D eigenvalue weighted by molar-refractivity contribution is 5.85. The second-order valence-electron chi connectivity index (χ2n) is 15.0. The fraction of sp³-hybridized carbons (Fsp3) is 0.900. The minimum Gasteiger partial charge on any atom is -0.396 e. The Bertz CT molecular complexity index is 922. The topological polar surface area (TPSA) is 46.5 Å². The Balaban J connectivity index is 1.48. The number of Topliss-reactive ketones (excluding diaryl/α,β-unsaturated/α-hetero) is 1. The smallest absolute Gasteiger partial charge is 0.138 e. The van der Waals surface area contributed by atoms with E-state index in [1.807, 2.05) is 0 Å². The van der Waals surface area contributed by atoms with Gasteiger partial charge < -0.3 is 9.84 Å². The van der Waals surface area contributed by atoms with E-state index in [4.69, 9.17) is 4.74 Å². The SMILES string of the molecule is CC1(C)C(=O)CC[C@]2(C)[C@@H]1CC[C@@]1(C)[C@@H]2C=C[C@@]23OC[C@]4(CC[C@](C)(CO)C[C@@H]42)CC[C@@]13C. The fourth-order valence-corrected chi connectivity index (χ4v) is 11.1. The molecule has 6 aliphatic rings. The van der Waals surface area contributed by atoms with Crippen molar-refractivity contribution in [1.29, 1.82) is 0 Å². The minimum atomic E-state index is -0.212. The molecule has 0 aromatic heterocycles. The van der Waals surface area contributed by atoms with E-state index in [0.29, 0.717) is 35.6 Å². The molecule has 1 aliphatic heterocycles. The summed E-state index contributed by atoms with van der Waals surface area (Å²) in [5.74, 6) is 1.95. The van der Waals surface area contributed by atoms with Crippen LogP contribution in [0, 0.1) is 50.2 Å². The summed E-state index contributed by atoms with van der Waals surface area (Å²) in [4.78, 5) is 12.9. The van der Waals surface area contributed by atoms with Crippen LogP contribution in [-0.4, -0.2) is 29.7 Å². The normalized spacial score (nSPS) is 58.8. The van der Waals surface area contributed by atoms with Crippen LogP contribution in [0.4, 0.5) is 0 Å². The maximum atomic E-state index is 12.9. The van der Waals surface area contributed by atoms with Crippen molar-refractivity contribution in [3.05, 3.63) is 12.2 Å². The van der Waals surface area contributed by atoms with Gasteiger partial charge in [-0.2, -0.15) is 0 Å². The molecule has 6 rings (SSSR count). The lowest BCUT2D eigenvalue weighted by Crippen LogP contribution is -2.70.